The number of benzene rings is 2. The number of anilines is 1. The van der Waals surface area contributed by atoms with Gasteiger partial charge < -0.3 is 10.4 Å². The normalized spacial score (nSPS) is 9.78. The molecule has 0 amide bonds. The smallest absolute Gasteiger partial charge is 0.120 e. The van der Waals surface area contributed by atoms with Crippen LogP contribution in [0.15, 0.2) is 42.5 Å². The maximum absolute atomic E-state index is 9.65. The Bertz CT molecular complexity index is 600. The van der Waals surface area contributed by atoms with Gasteiger partial charge in [0, 0.05) is 12.1 Å². The molecule has 0 fully saturated rings. The second-order valence-corrected chi connectivity index (χ2v) is 4.14. The zero-order valence-electron chi connectivity index (χ0n) is 10.1. The van der Waals surface area contributed by atoms with Gasteiger partial charge in [0.05, 0.1) is 11.3 Å². The minimum Gasteiger partial charge on any atom is -0.508 e. The molecule has 0 saturated heterocycles. The van der Waals surface area contributed by atoms with Crippen molar-refractivity contribution >= 4 is 5.69 Å². The molecule has 0 spiro atoms. The summed E-state index contributed by atoms with van der Waals surface area (Å²) >= 11 is 0. The van der Waals surface area contributed by atoms with Crippen LogP contribution >= 0.6 is 0 Å². The van der Waals surface area contributed by atoms with Crippen molar-refractivity contribution in [3.63, 3.8) is 0 Å². The molecule has 0 aliphatic rings. The third kappa shape index (κ3) is 2.61. The van der Waals surface area contributed by atoms with E-state index in [9.17, 15) is 5.11 Å². The Hall–Kier alpha value is -2.47. The van der Waals surface area contributed by atoms with E-state index in [0.717, 1.165) is 16.8 Å². The van der Waals surface area contributed by atoms with Gasteiger partial charge in [0.1, 0.15) is 11.8 Å². The van der Waals surface area contributed by atoms with Crippen LogP contribution in [0.1, 0.15) is 16.7 Å². The lowest BCUT2D eigenvalue weighted by atomic mass is 10.1. The molecular weight excluding hydrogens is 224 g/mol. The first-order valence-corrected chi connectivity index (χ1v) is 5.72. The number of nitrogens with zero attached hydrogens (tertiary/aromatic N) is 1. The van der Waals surface area contributed by atoms with Crippen LogP contribution in [0.4, 0.5) is 5.69 Å². The molecule has 0 aliphatic carbocycles. The zero-order chi connectivity index (χ0) is 13.0. The van der Waals surface area contributed by atoms with E-state index in [4.69, 9.17) is 5.26 Å². The lowest BCUT2D eigenvalue weighted by Gasteiger charge is -2.10. The number of nitriles is 1. The third-order valence-electron chi connectivity index (χ3n) is 2.76. The van der Waals surface area contributed by atoms with Gasteiger partial charge >= 0.3 is 0 Å². The SMILES string of the molecule is Cc1ccc(NCc2ccccc2O)c(C#N)c1. The van der Waals surface area contributed by atoms with Crippen molar-refractivity contribution in [3.8, 4) is 11.8 Å². The predicted octanol–water partition coefficient (Wildman–Crippen LogP) is 3.18. The minimum atomic E-state index is 0.260. The summed E-state index contributed by atoms with van der Waals surface area (Å²) in [6, 6.07) is 15.0. The number of phenolic OH excluding ortho intramolecular Hbond substituents is 1. The van der Waals surface area contributed by atoms with Gasteiger partial charge in [0.2, 0.25) is 0 Å². The molecule has 0 radical (unpaired) electrons. The Morgan fingerprint density at radius 1 is 1.22 bits per heavy atom. The van der Waals surface area contributed by atoms with E-state index in [1.165, 1.54) is 0 Å². The highest BCUT2D eigenvalue weighted by Crippen LogP contribution is 2.20. The summed E-state index contributed by atoms with van der Waals surface area (Å²) in [5.74, 6) is 0.260. The average molecular weight is 238 g/mol. The standard InChI is InChI=1S/C15H14N2O/c1-11-6-7-14(13(8-11)9-16)17-10-12-4-2-3-5-15(12)18/h2-8,17-18H,10H2,1H3. The van der Waals surface area contributed by atoms with Crippen LogP contribution < -0.4 is 5.32 Å². The molecule has 0 saturated carbocycles. The quantitative estimate of drug-likeness (QED) is 0.863. The number of rotatable bonds is 3. The van der Waals surface area contributed by atoms with E-state index >= 15 is 0 Å². The summed E-state index contributed by atoms with van der Waals surface area (Å²) < 4.78 is 0. The Kier molecular flexibility index (Phi) is 3.49. The van der Waals surface area contributed by atoms with Crippen molar-refractivity contribution in [2.75, 3.05) is 5.32 Å². The second kappa shape index (κ2) is 5.24. The summed E-state index contributed by atoms with van der Waals surface area (Å²) in [5, 5.41) is 21.9. The topological polar surface area (TPSA) is 56.0 Å². The van der Waals surface area contributed by atoms with Crippen LogP contribution in [-0.2, 0) is 6.54 Å². The maximum Gasteiger partial charge on any atom is 0.120 e. The number of nitrogens with one attached hydrogen (secondary N) is 1. The molecule has 3 heteroatoms. The number of hydrogen-bond acceptors (Lipinski definition) is 3. The molecule has 0 heterocycles. The highest BCUT2D eigenvalue weighted by Gasteiger charge is 2.03. The zero-order valence-corrected chi connectivity index (χ0v) is 10.1. The fourth-order valence-electron chi connectivity index (χ4n) is 1.76. The van der Waals surface area contributed by atoms with Crippen molar-refractivity contribution in [2.45, 2.75) is 13.5 Å². The fraction of sp³-hybridized carbons (Fsp3) is 0.133. The number of para-hydroxylation sites is 1. The molecular formula is C15H14N2O. The van der Waals surface area contributed by atoms with E-state index in [0.29, 0.717) is 12.1 Å². The Morgan fingerprint density at radius 2 is 2.00 bits per heavy atom. The van der Waals surface area contributed by atoms with E-state index in [-0.39, 0.29) is 5.75 Å². The molecule has 0 aromatic heterocycles. The summed E-state index contributed by atoms with van der Waals surface area (Å²) in [5.41, 5.74) is 3.26. The molecule has 2 aromatic carbocycles. The number of aromatic hydroxyl groups is 1. The van der Waals surface area contributed by atoms with Crippen molar-refractivity contribution in [1.82, 2.24) is 0 Å². The third-order valence-corrected chi connectivity index (χ3v) is 2.76. The average Bonchev–Trinajstić information content (AvgIpc) is 2.39. The lowest BCUT2D eigenvalue weighted by molar-refractivity contribution is 0.469. The van der Waals surface area contributed by atoms with Crippen LogP contribution in [0.5, 0.6) is 5.75 Å². The molecule has 3 nitrogen and oxygen atoms in total. The number of hydrogen-bond donors (Lipinski definition) is 2. The van der Waals surface area contributed by atoms with Crippen molar-refractivity contribution in [1.29, 1.82) is 5.26 Å². The van der Waals surface area contributed by atoms with E-state index < -0.39 is 0 Å². The van der Waals surface area contributed by atoms with Crippen LogP contribution in [-0.4, -0.2) is 5.11 Å². The molecule has 2 aromatic rings. The van der Waals surface area contributed by atoms with Gasteiger partial charge in [0.15, 0.2) is 0 Å². The summed E-state index contributed by atoms with van der Waals surface area (Å²) in [7, 11) is 0. The van der Waals surface area contributed by atoms with Gasteiger partial charge in [-0.25, -0.2) is 0 Å². The van der Waals surface area contributed by atoms with E-state index in [1.54, 1.807) is 12.1 Å². The van der Waals surface area contributed by atoms with Crippen LogP contribution in [0.25, 0.3) is 0 Å². The first-order valence-electron chi connectivity index (χ1n) is 5.72. The monoisotopic (exact) mass is 238 g/mol. The molecule has 18 heavy (non-hydrogen) atoms. The molecule has 90 valence electrons. The molecule has 0 aliphatic heterocycles. The van der Waals surface area contributed by atoms with Gasteiger partial charge in [-0.1, -0.05) is 24.3 Å². The Labute approximate surface area is 106 Å². The van der Waals surface area contributed by atoms with Gasteiger partial charge in [-0.05, 0) is 30.7 Å². The lowest BCUT2D eigenvalue weighted by Crippen LogP contribution is -2.01. The van der Waals surface area contributed by atoms with Crippen LogP contribution in [0.3, 0.4) is 0 Å². The highest BCUT2D eigenvalue weighted by atomic mass is 16.3. The maximum atomic E-state index is 9.65. The fourth-order valence-corrected chi connectivity index (χ4v) is 1.76. The summed E-state index contributed by atoms with van der Waals surface area (Å²) in [4.78, 5) is 0. The number of aryl methyl sites for hydroxylation is 1. The molecule has 2 N–H and O–H groups in total. The first kappa shape index (κ1) is 12.0. The van der Waals surface area contributed by atoms with Crippen LogP contribution in [0.2, 0.25) is 0 Å². The Balaban J connectivity index is 2.16. The van der Waals surface area contributed by atoms with Crippen LogP contribution in [0, 0.1) is 18.3 Å². The second-order valence-electron chi connectivity index (χ2n) is 4.14. The van der Waals surface area contributed by atoms with Gasteiger partial charge in [-0.2, -0.15) is 5.26 Å². The van der Waals surface area contributed by atoms with E-state index in [2.05, 4.69) is 11.4 Å². The van der Waals surface area contributed by atoms with Gasteiger partial charge in [-0.3, -0.25) is 0 Å². The predicted molar refractivity (Wildman–Crippen MR) is 71.3 cm³/mol. The van der Waals surface area contributed by atoms with Gasteiger partial charge in [-0.15, -0.1) is 0 Å². The first-order chi connectivity index (χ1) is 8.70. The number of phenols is 1. The summed E-state index contributed by atoms with van der Waals surface area (Å²) in [6.45, 7) is 2.44. The molecule has 0 unspecified atom stereocenters. The van der Waals surface area contributed by atoms with Crippen molar-refractivity contribution < 1.29 is 5.11 Å². The largest absolute Gasteiger partial charge is 0.508 e. The highest BCUT2D eigenvalue weighted by molar-refractivity contribution is 5.59. The van der Waals surface area contributed by atoms with Crippen molar-refractivity contribution in [3.05, 3.63) is 59.2 Å². The van der Waals surface area contributed by atoms with E-state index in [1.807, 2.05) is 37.3 Å². The molecule has 0 bridgehead atoms. The minimum absolute atomic E-state index is 0.260. The Morgan fingerprint density at radius 3 is 2.72 bits per heavy atom. The molecule has 2 rings (SSSR count). The van der Waals surface area contributed by atoms with Crippen molar-refractivity contribution in [2.24, 2.45) is 0 Å². The van der Waals surface area contributed by atoms with Gasteiger partial charge in [0.25, 0.3) is 0 Å². The summed E-state index contributed by atoms with van der Waals surface area (Å²) in [6.07, 6.45) is 0. The molecule has 0 atom stereocenters.